The molecule has 0 aliphatic rings. The number of rotatable bonds is 8. The summed E-state index contributed by atoms with van der Waals surface area (Å²) in [6, 6.07) is 24.6. The minimum Gasteiger partial charge on any atom is -0.345 e. The lowest BCUT2D eigenvalue weighted by Gasteiger charge is -2.19. The summed E-state index contributed by atoms with van der Waals surface area (Å²) in [5.41, 5.74) is 3.27. The summed E-state index contributed by atoms with van der Waals surface area (Å²) in [7, 11) is 0. The molecule has 0 spiro atoms. The number of aromatic nitrogens is 3. The van der Waals surface area contributed by atoms with Crippen molar-refractivity contribution < 1.29 is 9.59 Å². The number of hydrogen-bond donors (Lipinski definition) is 1. The number of Topliss-reactive ketones (excluding diaryl/α,β-unsaturated/α-hetero) is 1. The summed E-state index contributed by atoms with van der Waals surface area (Å²) in [5, 5.41) is 12.2. The number of halogens is 1. The molecule has 0 aliphatic heterocycles. The maximum absolute atomic E-state index is 12.8. The number of nitrogens with one attached hydrogen (secondary N) is 1. The molecular formula is C28H27BrN4O2S. The summed E-state index contributed by atoms with van der Waals surface area (Å²) in [6.07, 6.45) is 0. The zero-order valence-electron chi connectivity index (χ0n) is 20.4. The van der Waals surface area contributed by atoms with E-state index < -0.39 is 0 Å². The van der Waals surface area contributed by atoms with Gasteiger partial charge < -0.3 is 5.32 Å². The van der Waals surface area contributed by atoms with Gasteiger partial charge in [0.1, 0.15) is 0 Å². The fourth-order valence-electron chi connectivity index (χ4n) is 3.58. The number of hydrogen-bond acceptors (Lipinski definition) is 5. The van der Waals surface area contributed by atoms with E-state index in [1.807, 2.05) is 71.3 Å². The van der Waals surface area contributed by atoms with Gasteiger partial charge in [-0.3, -0.25) is 14.2 Å². The smallest absolute Gasteiger partial charge is 0.251 e. The SMILES string of the molecule is CC(C)(C)c1ccc(C(=O)NCc2nnc(SCC(=O)c3ccccc3)n2-c2ccc(Br)cc2)cc1. The third kappa shape index (κ3) is 6.30. The van der Waals surface area contributed by atoms with Crippen LogP contribution in [0.1, 0.15) is 52.9 Å². The van der Waals surface area contributed by atoms with Crippen molar-refractivity contribution in [1.29, 1.82) is 0 Å². The van der Waals surface area contributed by atoms with Crippen LogP contribution in [0.25, 0.3) is 5.69 Å². The van der Waals surface area contributed by atoms with Gasteiger partial charge in [0.2, 0.25) is 0 Å². The Balaban J connectivity index is 1.52. The molecule has 0 unspecified atom stereocenters. The molecule has 0 fully saturated rings. The molecule has 184 valence electrons. The van der Waals surface area contributed by atoms with Crippen molar-refractivity contribution in [3.8, 4) is 5.69 Å². The number of ketones is 1. The van der Waals surface area contributed by atoms with Crippen LogP contribution in [0.5, 0.6) is 0 Å². The van der Waals surface area contributed by atoms with Crippen LogP contribution < -0.4 is 5.32 Å². The normalized spacial score (nSPS) is 11.3. The van der Waals surface area contributed by atoms with Crippen LogP contribution in [0.2, 0.25) is 0 Å². The summed E-state index contributed by atoms with van der Waals surface area (Å²) >= 11 is 4.79. The van der Waals surface area contributed by atoms with Gasteiger partial charge in [-0.2, -0.15) is 0 Å². The third-order valence-corrected chi connectivity index (χ3v) is 7.09. The van der Waals surface area contributed by atoms with Gasteiger partial charge >= 0.3 is 0 Å². The van der Waals surface area contributed by atoms with Gasteiger partial charge in [-0.15, -0.1) is 10.2 Å². The van der Waals surface area contributed by atoms with Crippen molar-refractivity contribution in [2.45, 2.75) is 37.9 Å². The van der Waals surface area contributed by atoms with Crippen molar-refractivity contribution in [3.63, 3.8) is 0 Å². The topological polar surface area (TPSA) is 76.9 Å². The number of amides is 1. The fraction of sp³-hybridized carbons (Fsp3) is 0.214. The van der Waals surface area contributed by atoms with Crippen LogP contribution in [0.3, 0.4) is 0 Å². The molecule has 36 heavy (non-hydrogen) atoms. The van der Waals surface area contributed by atoms with Crippen LogP contribution in [-0.4, -0.2) is 32.2 Å². The van der Waals surface area contributed by atoms with Crippen LogP contribution in [0, 0.1) is 0 Å². The van der Waals surface area contributed by atoms with Crippen LogP contribution in [0.15, 0.2) is 88.5 Å². The highest BCUT2D eigenvalue weighted by molar-refractivity contribution is 9.10. The van der Waals surface area contributed by atoms with E-state index in [4.69, 9.17) is 0 Å². The molecule has 0 bridgehead atoms. The molecule has 1 N–H and O–H groups in total. The maximum atomic E-state index is 12.8. The zero-order valence-corrected chi connectivity index (χ0v) is 22.8. The van der Waals surface area contributed by atoms with Gasteiger partial charge in [-0.25, -0.2) is 0 Å². The molecule has 0 radical (unpaired) electrons. The van der Waals surface area contributed by atoms with Gasteiger partial charge in [-0.1, -0.05) is 90.9 Å². The third-order valence-electron chi connectivity index (χ3n) is 5.63. The molecule has 1 amide bonds. The second kappa shape index (κ2) is 11.2. The van der Waals surface area contributed by atoms with E-state index in [2.05, 4.69) is 52.2 Å². The first kappa shape index (κ1) is 25.9. The molecule has 3 aromatic carbocycles. The minimum absolute atomic E-state index is 0.0134. The van der Waals surface area contributed by atoms with Crippen molar-refractivity contribution in [2.75, 3.05) is 5.75 Å². The minimum atomic E-state index is -0.186. The average molecular weight is 564 g/mol. The molecular weight excluding hydrogens is 536 g/mol. The molecule has 8 heteroatoms. The average Bonchev–Trinajstić information content (AvgIpc) is 3.29. The van der Waals surface area contributed by atoms with Crippen LogP contribution in [0.4, 0.5) is 0 Å². The van der Waals surface area contributed by atoms with Crippen molar-refractivity contribution in [3.05, 3.63) is 106 Å². The van der Waals surface area contributed by atoms with E-state index in [0.29, 0.717) is 22.1 Å². The van der Waals surface area contributed by atoms with E-state index in [1.54, 1.807) is 12.1 Å². The molecule has 0 atom stereocenters. The Bertz CT molecular complexity index is 1350. The van der Waals surface area contributed by atoms with Gasteiger partial charge in [-0.05, 0) is 47.4 Å². The van der Waals surface area contributed by atoms with E-state index in [9.17, 15) is 9.59 Å². The van der Waals surface area contributed by atoms with Crippen molar-refractivity contribution >= 4 is 39.4 Å². The first-order valence-electron chi connectivity index (χ1n) is 11.5. The first-order chi connectivity index (χ1) is 17.2. The Hall–Kier alpha value is -3.23. The van der Waals surface area contributed by atoms with E-state index in [-0.39, 0.29) is 29.4 Å². The maximum Gasteiger partial charge on any atom is 0.251 e. The lowest BCUT2D eigenvalue weighted by atomic mass is 9.87. The zero-order chi connectivity index (χ0) is 25.7. The Morgan fingerprint density at radius 3 is 2.19 bits per heavy atom. The standard InChI is InChI=1S/C28H27BrN4O2S/c1-28(2,3)21-11-9-20(10-12-21)26(35)30-17-25-31-32-27(33(25)23-15-13-22(29)14-16-23)36-18-24(34)19-7-5-4-6-8-19/h4-16H,17-18H2,1-3H3,(H,30,35). The van der Waals surface area contributed by atoms with E-state index in [0.717, 1.165) is 10.2 Å². The largest absolute Gasteiger partial charge is 0.345 e. The Morgan fingerprint density at radius 1 is 0.889 bits per heavy atom. The second-order valence-electron chi connectivity index (χ2n) is 9.30. The van der Waals surface area contributed by atoms with Crippen molar-refractivity contribution in [1.82, 2.24) is 20.1 Å². The number of carbonyl (C=O) groups is 2. The summed E-state index contributed by atoms with van der Waals surface area (Å²) < 4.78 is 2.82. The summed E-state index contributed by atoms with van der Waals surface area (Å²) in [4.78, 5) is 25.5. The Labute approximate surface area is 223 Å². The van der Waals surface area contributed by atoms with Gasteiger partial charge in [0.25, 0.3) is 5.91 Å². The molecule has 0 aliphatic carbocycles. The Morgan fingerprint density at radius 2 is 1.56 bits per heavy atom. The number of carbonyl (C=O) groups excluding carboxylic acids is 2. The molecule has 0 saturated heterocycles. The highest BCUT2D eigenvalue weighted by Crippen LogP contribution is 2.25. The molecule has 1 aromatic heterocycles. The lowest BCUT2D eigenvalue weighted by Crippen LogP contribution is -2.25. The predicted molar refractivity (Wildman–Crippen MR) is 147 cm³/mol. The molecule has 4 aromatic rings. The quantitative estimate of drug-likeness (QED) is 0.203. The number of nitrogens with zero attached hydrogens (tertiary/aromatic N) is 3. The summed E-state index contributed by atoms with van der Waals surface area (Å²) in [5.74, 6) is 0.631. The fourth-order valence-corrected chi connectivity index (χ4v) is 4.71. The highest BCUT2D eigenvalue weighted by atomic mass is 79.9. The Kier molecular flexibility index (Phi) is 8.06. The van der Waals surface area contributed by atoms with E-state index in [1.165, 1.54) is 17.3 Å². The van der Waals surface area contributed by atoms with Crippen molar-refractivity contribution in [2.24, 2.45) is 0 Å². The van der Waals surface area contributed by atoms with Gasteiger partial charge in [0, 0.05) is 21.3 Å². The number of thioether (sulfide) groups is 1. The number of benzene rings is 3. The highest BCUT2D eigenvalue weighted by Gasteiger charge is 2.18. The predicted octanol–water partition coefficient (Wildman–Crippen LogP) is 6.23. The molecule has 1 heterocycles. The second-order valence-corrected chi connectivity index (χ2v) is 11.2. The van der Waals surface area contributed by atoms with E-state index >= 15 is 0 Å². The monoisotopic (exact) mass is 562 g/mol. The lowest BCUT2D eigenvalue weighted by molar-refractivity contribution is 0.0948. The van der Waals surface area contributed by atoms with Crippen LogP contribution in [-0.2, 0) is 12.0 Å². The molecule has 0 saturated carbocycles. The van der Waals surface area contributed by atoms with Gasteiger partial charge in [0.05, 0.1) is 12.3 Å². The molecule has 6 nitrogen and oxygen atoms in total. The first-order valence-corrected chi connectivity index (χ1v) is 13.3. The van der Waals surface area contributed by atoms with Gasteiger partial charge in [0.15, 0.2) is 16.8 Å². The van der Waals surface area contributed by atoms with Crippen LogP contribution >= 0.6 is 27.7 Å². The summed E-state index contributed by atoms with van der Waals surface area (Å²) in [6.45, 7) is 6.61. The molecule has 4 rings (SSSR count).